The number of hydrogen-bond donors (Lipinski definition) is 1. The number of aryl methyl sites for hydroxylation is 1. The van der Waals surface area contributed by atoms with Crippen molar-refractivity contribution in [2.75, 3.05) is 18.9 Å². The molecule has 7 heteroatoms. The summed E-state index contributed by atoms with van der Waals surface area (Å²) in [7, 11) is 1.83. The number of amides is 1. The first-order chi connectivity index (χ1) is 12.0. The van der Waals surface area contributed by atoms with Gasteiger partial charge in [-0.3, -0.25) is 9.48 Å². The molecule has 1 amide bonds. The van der Waals surface area contributed by atoms with Crippen LogP contribution >= 0.6 is 0 Å². The standard InChI is InChI=1S/C18H23N5O2/c1-12(10-25-11-13-4-3-5-13)22-18(24)16-6-14(7-20-17(16)19)15-8-21-23(2)9-15/h6-9,13H,3-5,10-11H2,1-2H3,(H2,19,20). The summed E-state index contributed by atoms with van der Waals surface area (Å²) in [6.45, 7) is 2.88. The normalized spacial score (nSPS) is 15.2. The molecule has 0 unspecified atom stereocenters. The molecule has 3 rings (SSSR count). The van der Waals surface area contributed by atoms with E-state index in [0.717, 1.165) is 17.7 Å². The van der Waals surface area contributed by atoms with Crippen molar-refractivity contribution in [2.45, 2.75) is 26.2 Å². The van der Waals surface area contributed by atoms with Crippen molar-refractivity contribution in [3.63, 3.8) is 0 Å². The summed E-state index contributed by atoms with van der Waals surface area (Å²) in [5, 5.41) is 4.13. The number of pyridine rings is 1. The fourth-order valence-electron chi connectivity index (χ4n) is 2.67. The number of hydrogen-bond acceptors (Lipinski definition) is 5. The third-order valence-corrected chi connectivity index (χ3v) is 4.37. The van der Waals surface area contributed by atoms with Crippen molar-refractivity contribution < 1.29 is 9.53 Å². The Morgan fingerprint density at radius 1 is 1.40 bits per heavy atom. The van der Waals surface area contributed by atoms with Gasteiger partial charge in [0.25, 0.3) is 5.91 Å². The summed E-state index contributed by atoms with van der Waals surface area (Å²) in [4.78, 5) is 20.7. The van der Waals surface area contributed by atoms with E-state index in [0.29, 0.717) is 23.8 Å². The van der Waals surface area contributed by atoms with Crippen molar-refractivity contribution in [2.24, 2.45) is 18.0 Å². The van der Waals surface area contributed by atoms with E-state index in [1.165, 1.54) is 19.3 Å². The average molecular weight is 341 g/mol. The second kappa shape index (κ2) is 7.57. The van der Waals surface area contributed by atoms with E-state index in [-0.39, 0.29) is 5.82 Å². The molecular formula is C18H23N5O2. The Morgan fingerprint density at radius 3 is 2.84 bits per heavy atom. The molecule has 0 bridgehead atoms. The Hall–Kier alpha value is -2.54. The summed E-state index contributed by atoms with van der Waals surface area (Å²) in [5.74, 6) is 0.435. The molecule has 2 N–H and O–H groups in total. The van der Waals surface area contributed by atoms with E-state index in [9.17, 15) is 4.79 Å². The van der Waals surface area contributed by atoms with Gasteiger partial charge in [-0.1, -0.05) is 6.42 Å². The number of anilines is 1. The molecule has 0 spiro atoms. The topological polar surface area (TPSA) is 95.4 Å². The molecular weight excluding hydrogens is 318 g/mol. The molecule has 7 nitrogen and oxygen atoms in total. The fraction of sp³-hybridized carbons (Fsp3) is 0.444. The molecule has 0 aliphatic heterocycles. The van der Waals surface area contributed by atoms with Crippen molar-refractivity contribution in [1.82, 2.24) is 14.8 Å². The van der Waals surface area contributed by atoms with Gasteiger partial charge >= 0.3 is 0 Å². The van der Waals surface area contributed by atoms with Crippen LogP contribution < -0.4 is 5.73 Å². The molecule has 0 saturated heterocycles. The van der Waals surface area contributed by atoms with Crippen LogP contribution in [0.2, 0.25) is 0 Å². The van der Waals surface area contributed by atoms with Gasteiger partial charge in [0.2, 0.25) is 0 Å². The summed E-state index contributed by atoms with van der Waals surface area (Å²) in [6, 6.07) is 1.70. The maximum absolute atomic E-state index is 12.4. The van der Waals surface area contributed by atoms with Crippen molar-refractivity contribution in [3.05, 3.63) is 30.2 Å². The Kier molecular flexibility index (Phi) is 5.23. The summed E-state index contributed by atoms with van der Waals surface area (Å²) in [5.41, 5.74) is 8.43. The fourth-order valence-corrected chi connectivity index (χ4v) is 2.67. The zero-order valence-electron chi connectivity index (χ0n) is 14.6. The van der Waals surface area contributed by atoms with Crippen LogP contribution in [0.4, 0.5) is 5.82 Å². The minimum Gasteiger partial charge on any atom is -0.383 e. The number of carbonyl (C=O) groups excluding carboxylic acids is 1. The largest absolute Gasteiger partial charge is 0.383 e. The van der Waals surface area contributed by atoms with E-state index >= 15 is 0 Å². The second-order valence-electron chi connectivity index (χ2n) is 6.52. The van der Waals surface area contributed by atoms with Crippen LogP contribution in [-0.4, -0.2) is 39.6 Å². The third kappa shape index (κ3) is 4.30. The quantitative estimate of drug-likeness (QED) is 0.814. The SMILES string of the molecule is CC(COCC1CCC1)=NC(=O)c1cc(-c2cnn(C)c2)cnc1N. The Bertz CT molecular complexity index is 793. The minimum atomic E-state index is -0.402. The molecule has 0 radical (unpaired) electrons. The first-order valence-corrected chi connectivity index (χ1v) is 8.43. The highest BCUT2D eigenvalue weighted by atomic mass is 16.5. The van der Waals surface area contributed by atoms with Gasteiger partial charge in [-0.15, -0.1) is 0 Å². The lowest BCUT2D eigenvalue weighted by Gasteiger charge is -2.24. The van der Waals surface area contributed by atoms with E-state index in [1.54, 1.807) is 30.1 Å². The molecule has 1 aliphatic rings. The molecule has 1 aliphatic carbocycles. The predicted molar refractivity (Wildman–Crippen MR) is 96.5 cm³/mol. The van der Waals surface area contributed by atoms with Crippen LogP contribution in [0.3, 0.4) is 0 Å². The van der Waals surface area contributed by atoms with Crippen LogP contribution in [0, 0.1) is 5.92 Å². The lowest BCUT2D eigenvalue weighted by molar-refractivity contribution is 0.0929. The predicted octanol–water partition coefficient (Wildman–Crippen LogP) is 2.48. The number of carbonyl (C=O) groups is 1. The van der Waals surface area contributed by atoms with Crippen LogP contribution in [0.15, 0.2) is 29.6 Å². The molecule has 132 valence electrons. The summed E-state index contributed by atoms with van der Waals surface area (Å²) in [6.07, 6.45) is 8.95. The maximum atomic E-state index is 12.4. The number of nitrogen functional groups attached to an aromatic ring is 1. The highest BCUT2D eigenvalue weighted by Crippen LogP contribution is 2.26. The van der Waals surface area contributed by atoms with Crippen molar-refractivity contribution >= 4 is 17.4 Å². The maximum Gasteiger partial charge on any atom is 0.280 e. The van der Waals surface area contributed by atoms with Gasteiger partial charge in [0.05, 0.1) is 18.4 Å². The lowest BCUT2D eigenvalue weighted by Crippen LogP contribution is -2.19. The number of rotatable bonds is 6. The van der Waals surface area contributed by atoms with Crippen LogP contribution in [-0.2, 0) is 11.8 Å². The van der Waals surface area contributed by atoms with E-state index in [4.69, 9.17) is 10.5 Å². The minimum absolute atomic E-state index is 0.171. The molecule has 2 heterocycles. The van der Waals surface area contributed by atoms with Crippen LogP contribution in [0.5, 0.6) is 0 Å². The smallest absolute Gasteiger partial charge is 0.280 e. The molecule has 2 aromatic rings. The lowest BCUT2D eigenvalue weighted by atomic mass is 9.86. The number of nitrogens with two attached hydrogens (primary N) is 1. The average Bonchev–Trinajstić information content (AvgIpc) is 2.96. The van der Waals surface area contributed by atoms with E-state index in [2.05, 4.69) is 15.1 Å². The van der Waals surface area contributed by atoms with Crippen LogP contribution in [0.1, 0.15) is 36.5 Å². The zero-order valence-corrected chi connectivity index (χ0v) is 14.6. The summed E-state index contributed by atoms with van der Waals surface area (Å²) < 4.78 is 7.31. The third-order valence-electron chi connectivity index (χ3n) is 4.37. The Balaban J connectivity index is 1.68. The monoisotopic (exact) mass is 341 g/mol. The van der Waals surface area contributed by atoms with Gasteiger partial charge < -0.3 is 10.5 Å². The molecule has 1 fully saturated rings. The van der Waals surface area contributed by atoms with Crippen molar-refractivity contribution in [3.8, 4) is 11.1 Å². The number of nitrogens with zero attached hydrogens (tertiary/aromatic N) is 4. The molecule has 2 aromatic heterocycles. The Labute approximate surface area is 146 Å². The van der Waals surface area contributed by atoms with Crippen molar-refractivity contribution in [1.29, 1.82) is 0 Å². The van der Waals surface area contributed by atoms with Gasteiger partial charge in [0, 0.05) is 42.9 Å². The van der Waals surface area contributed by atoms with E-state index in [1.807, 2.05) is 13.2 Å². The Morgan fingerprint density at radius 2 is 2.20 bits per heavy atom. The van der Waals surface area contributed by atoms with E-state index < -0.39 is 5.91 Å². The van der Waals surface area contributed by atoms with Crippen LogP contribution in [0.25, 0.3) is 11.1 Å². The van der Waals surface area contributed by atoms with Gasteiger partial charge in [0.15, 0.2) is 0 Å². The highest BCUT2D eigenvalue weighted by Gasteiger charge is 2.17. The number of ether oxygens (including phenoxy) is 1. The molecule has 0 atom stereocenters. The van der Waals surface area contributed by atoms with Gasteiger partial charge in [-0.25, -0.2) is 9.98 Å². The highest BCUT2D eigenvalue weighted by molar-refractivity contribution is 6.06. The summed E-state index contributed by atoms with van der Waals surface area (Å²) >= 11 is 0. The number of aromatic nitrogens is 3. The molecule has 1 saturated carbocycles. The van der Waals surface area contributed by atoms with Gasteiger partial charge in [-0.2, -0.15) is 5.10 Å². The molecule has 0 aromatic carbocycles. The van der Waals surface area contributed by atoms with Gasteiger partial charge in [0.1, 0.15) is 5.82 Å². The molecule has 25 heavy (non-hydrogen) atoms. The first kappa shape index (κ1) is 17.3. The van der Waals surface area contributed by atoms with Gasteiger partial charge in [-0.05, 0) is 31.7 Å². The number of aliphatic imine (C=N–C) groups is 1. The first-order valence-electron chi connectivity index (χ1n) is 8.43. The zero-order chi connectivity index (χ0) is 17.8. The second-order valence-corrected chi connectivity index (χ2v) is 6.52.